The molecule has 10 heteroatoms. The maximum absolute atomic E-state index is 13.0. The smallest absolute Gasteiger partial charge is 0.357 e. The molecule has 0 saturated carbocycles. The Labute approximate surface area is 233 Å². The van der Waals surface area contributed by atoms with Crippen LogP contribution < -0.4 is 9.47 Å². The fourth-order valence-corrected chi connectivity index (χ4v) is 4.58. The van der Waals surface area contributed by atoms with Gasteiger partial charge in [-0.3, -0.25) is 0 Å². The van der Waals surface area contributed by atoms with Gasteiger partial charge in [-0.25, -0.2) is 14.3 Å². The molecular weight excluding hydrogens is 576 g/mol. The summed E-state index contributed by atoms with van der Waals surface area (Å²) in [6.07, 6.45) is 0. The van der Waals surface area contributed by atoms with E-state index in [1.54, 1.807) is 42.5 Å². The summed E-state index contributed by atoms with van der Waals surface area (Å²) in [5, 5.41) is 5.23. The Morgan fingerprint density at radius 1 is 0.947 bits per heavy atom. The zero-order chi connectivity index (χ0) is 27.2. The maximum Gasteiger partial charge on any atom is 0.357 e. The highest BCUT2D eigenvalue weighted by atomic mass is 79.9. The number of esters is 2. The molecule has 0 saturated heterocycles. The number of nitrogens with zero attached hydrogens (tertiary/aromatic N) is 2. The number of benzene rings is 3. The van der Waals surface area contributed by atoms with E-state index >= 15 is 0 Å². The standard InChI is InChI=1S/C28H24BrClN2O6/c1-4-37-22-15-18(14-20(29)26(22)38-16-17-10-8-9-13-21(17)30)24-23(27(33)35-2)25(28(34)36-3)32(31-24)19-11-6-5-7-12-19/h5-15H,4,16H2,1-3H3. The molecule has 0 atom stereocenters. The van der Waals surface area contributed by atoms with Crippen LogP contribution in [0.4, 0.5) is 0 Å². The van der Waals surface area contributed by atoms with Crippen molar-refractivity contribution in [1.82, 2.24) is 9.78 Å². The van der Waals surface area contributed by atoms with Crippen molar-refractivity contribution in [3.05, 3.63) is 93.0 Å². The van der Waals surface area contributed by atoms with Gasteiger partial charge in [0.1, 0.15) is 17.9 Å². The number of aromatic nitrogens is 2. The molecule has 0 unspecified atom stereocenters. The molecule has 196 valence electrons. The first-order chi connectivity index (χ1) is 18.4. The van der Waals surface area contributed by atoms with Gasteiger partial charge < -0.3 is 18.9 Å². The lowest BCUT2D eigenvalue weighted by atomic mass is 10.0. The van der Waals surface area contributed by atoms with Crippen molar-refractivity contribution in [1.29, 1.82) is 0 Å². The Morgan fingerprint density at radius 3 is 2.29 bits per heavy atom. The zero-order valence-electron chi connectivity index (χ0n) is 20.9. The van der Waals surface area contributed by atoms with Crippen LogP contribution in [0.3, 0.4) is 0 Å². The van der Waals surface area contributed by atoms with Crippen LogP contribution in [0, 0.1) is 0 Å². The maximum atomic E-state index is 13.0. The van der Waals surface area contributed by atoms with E-state index in [4.69, 9.17) is 30.5 Å². The van der Waals surface area contributed by atoms with Crippen molar-refractivity contribution in [3.8, 4) is 28.4 Å². The fourth-order valence-electron chi connectivity index (χ4n) is 3.83. The van der Waals surface area contributed by atoms with Crippen molar-refractivity contribution in [3.63, 3.8) is 0 Å². The molecule has 0 bridgehead atoms. The summed E-state index contributed by atoms with van der Waals surface area (Å²) in [7, 11) is 2.47. The minimum Gasteiger partial charge on any atom is -0.490 e. The van der Waals surface area contributed by atoms with Gasteiger partial charge in [0.05, 0.1) is 31.0 Å². The predicted molar refractivity (Wildman–Crippen MR) is 146 cm³/mol. The summed E-state index contributed by atoms with van der Waals surface area (Å²) >= 11 is 9.86. The largest absolute Gasteiger partial charge is 0.490 e. The molecule has 0 N–H and O–H groups in total. The highest BCUT2D eigenvalue weighted by Crippen LogP contribution is 2.42. The van der Waals surface area contributed by atoms with E-state index in [2.05, 4.69) is 21.0 Å². The van der Waals surface area contributed by atoms with Gasteiger partial charge in [0.2, 0.25) is 0 Å². The predicted octanol–water partition coefficient (Wildman–Crippen LogP) is 6.51. The van der Waals surface area contributed by atoms with Crippen molar-refractivity contribution < 1.29 is 28.5 Å². The van der Waals surface area contributed by atoms with E-state index in [1.807, 2.05) is 31.2 Å². The summed E-state index contributed by atoms with van der Waals surface area (Å²) in [5.74, 6) is -0.619. The van der Waals surface area contributed by atoms with Gasteiger partial charge in [-0.05, 0) is 53.2 Å². The first-order valence-electron chi connectivity index (χ1n) is 11.6. The van der Waals surface area contributed by atoms with Crippen LogP contribution in [0.2, 0.25) is 5.02 Å². The summed E-state index contributed by atoms with van der Waals surface area (Å²) in [5.41, 5.74) is 1.97. The van der Waals surface area contributed by atoms with Crippen molar-refractivity contribution >= 4 is 39.5 Å². The molecule has 3 aromatic carbocycles. The van der Waals surface area contributed by atoms with E-state index in [9.17, 15) is 9.59 Å². The molecule has 8 nitrogen and oxygen atoms in total. The Kier molecular flexibility index (Phi) is 8.70. The molecule has 4 rings (SSSR count). The van der Waals surface area contributed by atoms with Crippen LogP contribution in [-0.2, 0) is 16.1 Å². The zero-order valence-corrected chi connectivity index (χ0v) is 23.2. The lowest BCUT2D eigenvalue weighted by Gasteiger charge is -2.16. The number of hydrogen-bond acceptors (Lipinski definition) is 7. The van der Waals surface area contributed by atoms with Gasteiger partial charge in [0.15, 0.2) is 17.2 Å². The van der Waals surface area contributed by atoms with Crippen molar-refractivity contribution in [2.75, 3.05) is 20.8 Å². The Balaban J connectivity index is 1.88. The number of carbonyl (C=O) groups excluding carboxylic acids is 2. The number of hydrogen-bond donors (Lipinski definition) is 0. The lowest BCUT2D eigenvalue weighted by molar-refractivity contribution is 0.0549. The van der Waals surface area contributed by atoms with E-state index in [0.29, 0.717) is 38.9 Å². The van der Waals surface area contributed by atoms with Crippen LogP contribution in [0.25, 0.3) is 16.9 Å². The van der Waals surface area contributed by atoms with Gasteiger partial charge in [0, 0.05) is 16.1 Å². The normalized spacial score (nSPS) is 10.7. The Morgan fingerprint density at radius 2 is 1.63 bits per heavy atom. The number of para-hydroxylation sites is 1. The van der Waals surface area contributed by atoms with E-state index in [1.165, 1.54) is 18.9 Å². The molecule has 0 spiro atoms. The van der Waals surface area contributed by atoms with Gasteiger partial charge in [-0.1, -0.05) is 48.0 Å². The average Bonchev–Trinajstić information content (AvgIpc) is 3.34. The molecule has 0 amide bonds. The van der Waals surface area contributed by atoms with Crippen LogP contribution in [0.15, 0.2) is 71.2 Å². The van der Waals surface area contributed by atoms with Gasteiger partial charge in [-0.2, -0.15) is 5.10 Å². The minimum absolute atomic E-state index is 0.0395. The number of methoxy groups -OCH3 is 2. The average molecular weight is 600 g/mol. The van der Waals surface area contributed by atoms with Gasteiger partial charge >= 0.3 is 11.9 Å². The summed E-state index contributed by atoms with van der Waals surface area (Å²) in [6, 6.07) is 19.8. The summed E-state index contributed by atoms with van der Waals surface area (Å²) in [4.78, 5) is 25.9. The fraction of sp³-hybridized carbons (Fsp3) is 0.179. The van der Waals surface area contributed by atoms with Gasteiger partial charge in [0.25, 0.3) is 0 Å². The number of halogens is 2. The second-order valence-electron chi connectivity index (χ2n) is 7.90. The highest BCUT2D eigenvalue weighted by molar-refractivity contribution is 9.10. The molecule has 1 heterocycles. The molecule has 1 aromatic heterocycles. The first kappa shape index (κ1) is 27.2. The van der Waals surface area contributed by atoms with Crippen molar-refractivity contribution in [2.45, 2.75) is 13.5 Å². The van der Waals surface area contributed by atoms with E-state index in [0.717, 1.165) is 5.56 Å². The highest BCUT2D eigenvalue weighted by Gasteiger charge is 2.32. The minimum atomic E-state index is -0.740. The molecule has 0 fully saturated rings. The third-order valence-corrected chi connectivity index (χ3v) is 6.52. The molecule has 38 heavy (non-hydrogen) atoms. The van der Waals surface area contributed by atoms with E-state index < -0.39 is 11.9 Å². The van der Waals surface area contributed by atoms with Crippen LogP contribution in [0.5, 0.6) is 11.5 Å². The van der Waals surface area contributed by atoms with Crippen LogP contribution in [0.1, 0.15) is 33.3 Å². The molecule has 0 aliphatic rings. The molecule has 0 aliphatic carbocycles. The van der Waals surface area contributed by atoms with Crippen LogP contribution in [-0.4, -0.2) is 42.5 Å². The Bertz CT molecular complexity index is 1470. The summed E-state index contributed by atoms with van der Waals surface area (Å²) < 4.78 is 23.9. The second-order valence-corrected chi connectivity index (χ2v) is 9.16. The topological polar surface area (TPSA) is 88.9 Å². The number of rotatable bonds is 9. The van der Waals surface area contributed by atoms with Crippen LogP contribution >= 0.6 is 27.5 Å². The SMILES string of the molecule is CCOc1cc(-c2nn(-c3ccccc3)c(C(=O)OC)c2C(=O)OC)cc(Br)c1OCc1ccccc1Cl. The lowest BCUT2D eigenvalue weighted by Crippen LogP contribution is -2.15. The third kappa shape index (κ3) is 5.54. The van der Waals surface area contributed by atoms with Crippen molar-refractivity contribution in [2.24, 2.45) is 0 Å². The number of ether oxygens (including phenoxy) is 4. The third-order valence-electron chi connectivity index (χ3n) is 5.57. The molecular formula is C28H24BrClN2O6. The Hall–Kier alpha value is -3.82. The molecule has 4 aromatic rings. The van der Waals surface area contributed by atoms with E-state index in [-0.39, 0.29) is 23.6 Å². The first-order valence-corrected chi connectivity index (χ1v) is 12.7. The number of carbonyl (C=O) groups is 2. The quantitative estimate of drug-likeness (QED) is 0.203. The van der Waals surface area contributed by atoms with Gasteiger partial charge in [-0.15, -0.1) is 0 Å². The summed E-state index contributed by atoms with van der Waals surface area (Å²) in [6.45, 7) is 2.41. The molecule has 0 radical (unpaired) electrons. The second kappa shape index (κ2) is 12.1. The monoisotopic (exact) mass is 598 g/mol. The molecule has 0 aliphatic heterocycles.